The summed E-state index contributed by atoms with van der Waals surface area (Å²) >= 11 is 3.08. The van der Waals surface area contributed by atoms with Crippen LogP contribution in [0.25, 0.3) is 10.2 Å². The summed E-state index contributed by atoms with van der Waals surface area (Å²) in [6.07, 6.45) is 2.07. The molecular formula is C19H32N4OS2. The number of amides is 1. The minimum Gasteiger partial charge on any atom is -0.399 e. The van der Waals surface area contributed by atoms with Crippen molar-refractivity contribution in [3.05, 3.63) is 18.2 Å². The van der Waals surface area contributed by atoms with E-state index in [9.17, 15) is 4.79 Å². The number of rotatable bonds is 4. The van der Waals surface area contributed by atoms with Gasteiger partial charge in [0.15, 0.2) is 4.34 Å². The second-order valence-electron chi connectivity index (χ2n) is 5.64. The number of fused-ring (bicyclic) bond motifs is 1. The topological polar surface area (TPSA) is 71.2 Å². The van der Waals surface area contributed by atoms with E-state index in [1.807, 2.05) is 45.9 Å². The molecule has 0 aliphatic carbocycles. The van der Waals surface area contributed by atoms with Crippen molar-refractivity contribution in [2.75, 3.05) is 31.6 Å². The van der Waals surface area contributed by atoms with E-state index in [1.54, 1.807) is 11.3 Å². The van der Waals surface area contributed by atoms with Gasteiger partial charge in [-0.2, -0.15) is 0 Å². The van der Waals surface area contributed by atoms with Crippen LogP contribution in [0, 0.1) is 0 Å². The molecule has 1 saturated heterocycles. The Hall–Kier alpha value is -1.31. The molecule has 1 aromatic carbocycles. The maximum absolute atomic E-state index is 12.0. The molecule has 1 aliphatic rings. The number of nitrogen functional groups attached to an aromatic ring is 1. The first kappa shape index (κ1) is 22.7. The van der Waals surface area contributed by atoms with Crippen molar-refractivity contribution in [3.8, 4) is 0 Å². The van der Waals surface area contributed by atoms with Crippen LogP contribution in [0.4, 0.5) is 5.69 Å². The first-order chi connectivity index (χ1) is 12.6. The Morgan fingerprint density at radius 3 is 2.62 bits per heavy atom. The van der Waals surface area contributed by atoms with Crippen molar-refractivity contribution in [1.82, 2.24) is 15.2 Å². The van der Waals surface area contributed by atoms with Gasteiger partial charge in [-0.05, 0) is 51.2 Å². The van der Waals surface area contributed by atoms with Gasteiger partial charge in [-0.15, -0.1) is 11.3 Å². The third kappa shape index (κ3) is 7.13. The number of anilines is 1. The summed E-state index contributed by atoms with van der Waals surface area (Å²) in [6.45, 7) is 10.1. The molecule has 0 radical (unpaired) electrons. The van der Waals surface area contributed by atoms with Crippen molar-refractivity contribution in [1.29, 1.82) is 0 Å². The van der Waals surface area contributed by atoms with Crippen LogP contribution in [-0.2, 0) is 4.79 Å². The van der Waals surface area contributed by atoms with E-state index in [1.165, 1.54) is 11.8 Å². The normalized spacial score (nSPS) is 14.8. The second-order valence-corrected chi connectivity index (χ2v) is 7.89. The zero-order chi connectivity index (χ0) is 19.5. The van der Waals surface area contributed by atoms with Crippen LogP contribution in [0.3, 0.4) is 0 Å². The summed E-state index contributed by atoms with van der Waals surface area (Å²) in [6, 6.07) is 6.02. The molecule has 1 fully saturated rings. The minimum absolute atomic E-state index is 0.0957. The van der Waals surface area contributed by atoms with Gasteiger partial charge in [0.05, 0.1) is 16.0 Å². The summed E-state index contributed by atoms with van der Waals surface area (Å²) in [4.78, 5) is 18.9. The molecule has 1 aromatic heterocycles. The van der Waals surface area contributed by atoms with Crippen molar-refractivity contribution < 1.29 is 4.79 Å². The minimum atomic E-state index is 0.0957. The van der Waals surface area contributed by atoms with E-state index in [2.05, 4.69) is 22.2 Å². The predicted molar refractivity (Wildman–Crippen MR) is 116 cm³/mol. The van der Waals surface area contributed by atoms with Crippen LogP contribution >= 0.6 is 23.1 Å². The molecule has 0 atom stereocenters. The maximum Gasteiger partial charge on any atom is 0.230 e. The zero-order valence-corrected chi connectivity index (χ0v) is 18.2. The Kier molecular flexibility index (Phi) is 10.6. The van der Waals surface area contributed by atoms with Gasteiger partial charge in [0.2, 0.25) is 5.91 Å². The Balaban J connectivity index is 0.000000791. The third-order valence-electron chi connectivity index (χ3n) is 3.80. The van der Waals surface area contributed by atoms with Crippen LogP contribution < -0.4 is 11.1 Å². The molecule has 26 heavy (non-hydrogen) atoms. The first-order valence-electron chi connectivity index (χ1n) is 9.37. The van der Waals surface area contributed by atoms with E-state index in [-0.39, 0.29) is 5.91 Å². The number of piperidine rings is 1. The quantitative estimate of drug-likeness (QED) is 0.598. The van der Waals surface area contributed by atoms with Crippen molar-refractivity contribution in [2.24, 2.45) is 0 Å². The van der Waals surface area contributed by atoms with Crippen LogP contribution in [0.5, 0.6) is 0 Å². The number of thioether (sulfide) groups is 1. The SMILES string of the molecule is CC.CC.CN1CCC(NC(=O)CSc2nc3ccc(N)cc3s2)CC1. The Bertz CT molecular complexity index is 667. The highest BCUT2D eigenvalue weighted by molar-refractivity contribution is 8.01. The summed E-state index contributed by atoms with van der Waals surface area (Å²) in [5.41, 5.74) is 7.46. The van der Waals surface area contributed by atoms with E-state index in [4.69, 9.17) is 5.73 Å². The molecule has 2 aromatic rings. The number of benzene rings is 1. The number of nitrogens with two attached hydrogens (primary N) is 1. The summed E-state index contributed by atoms with van der Waals surface area (Å²) in [5.74, 6) is 0.514. The zero-order valence-electron chi connectivity index (χ0n) is 16.5. The molecule has 3 N–H and O–H groups in total. The fourth-order valence-corrected chi connectivity index (χ4v) is 4.46. The smallest absolute Gasteiger partial charge is 0.230 e. The molecule has 1 amide bonds. The average molecular weight is 397 g/mol. The molecule has 0 saturated carbocycles. The standard InChI is InChI=1S/C15H20N4OS2.2C2H6/c1-19-6-4-11(5-7-19)17-14(20)9-21-15-18-12-3-2-10(16)8-13(12)22-15;2*1-2/h2-3,8,11H,4-7,9,16H2,1H3,(H,17,20);2*1-2H3. The van der Waals surface area contributed by atoms with Gasteiger partial charge in [0.1, 0.15) is 0 Å². The van der Waals surface area contributed by atoms with Gasteiger partial charge in [0.25, 0.3) is 0 Å². The predicted octanol–water partition coefficient (Wildman–Crippen LogP) is 4.23. The molecule has 0 spiro atoms. The number of carbonyl (C=O) groups is 1. The van der Waals surface area contributed by atoms with Crippen LogP contribution in [0.1, 0.15) is 40.5 Å². The van der Waals surface area contributed by atoms with Gasteiger partial charge >= 0.3 is 0 Å². The van der Waals surface area contributed by atoms with Gasteiger partial charge < -0.3 is 16.0 Å². The fourth-order valence-electron chi connectivity index (χ4n) is 2.53. The Labute approximate surface area is 165 Å². The lowest BCUT2D eigenvalue weighted by Crippen LogP contribution is -2.43. The van der Waals surface area contributed by atoms with E-state index < -0.39 is 0 Å². The van der Waals surface area contributed by atoms with E-state index in [0.29, 0.717) is 11.8 Å². The summed E-state index contributed by atoms with van der Waals surface area (Å²) in [7, 11) is 2.12. The largest absolute Gasteiger partial charge is 0.399 e. The Morgan fingerprint density at radius 1 is 1.31 bits per heavy atom. The van der Waals surface area contributed by atoms with Crippen LogP contribution in [-0.4, -0.2) is 47.7 Å². The van der Waals surface area contributed by atoms with Crippen LogP contribution in [0.2, 0.25) is 0 Å². The lowest BCUT2D eigenvalue weighted by Gasteiger charge is -2.29. The highest BCUT2D eigenvalue weighted by Gasteiger charge is 2.18. The monoisotopic (exact) mass is 396 g/mol. The van der Waals surface area contributed by atoms with E-state index >= 15 is 0 Å². The molecule has 0 bridgehead atoms. The van der Waals surface area contributed by atoms with Crippen LogP contribution in [0.15, 0.2) is 22.5 Å². The fraction of sp³-hybridized carbons (Fsp3) is 0.579. The number of nitrogens with one attached hydrogen (secondary N) is 1. The lowest BCUT2D eigenvalue weighted by molar-refractivity contribution is -0.119. The molecule has 2 heterocycles. The van der Waals surface area contributed by atoms with Gasteiger partial charge in [-0.1, -0.05) is 39.5 Å². The number of aromatic nitrogens is 1. The highest BCUT2D eigenvalue weighted by atomic mass is 32.2. The lowest BCUT2D eigenvalue weighted by atomic mass is 10.1. The first-order valence-corrected chi connectivity index (χ1v) is 11.2. The van der Waals surface area contributed by atoms with Crippen molar-refractivity contribution >= 4 is 44.9 Å². The molecule has 146 valence electrons. The molecule has 0 unspecified atom stereocenters. The number of likely N-dealkylation sites (tertiary alicyclic amines) is 1. The highest BCUT2D eigenvalue weighted by Crippen LogP contribution is 2.30. The molecule has 7 heteroatoms. The van der Waals surface area contributed by atoms with Gasteiger partial charge in [-0.3, -0.25) is 4.79 Å². The van der Waals surface area contributed by atoms with Crippen molar-refractivity contribution in [3.63, 3.8) is 0 Å². The molecular weight excluding hydrogens is 364 g/mol. The average Bonchev–Trinajstić information content (AvgIpc) is 3.07. The maximum atomic E-state index is 12.0. The molecule has 5 nitrogen and oxygen atoms in total. The van der Waals surface area contributed by atoms with Gasteiger partial charge in [0, 0.05) is 11.7 Å². The number of hydrogen-bond donors (Lipinski definition) is 2. The second kappa shape index (κ2) is 12.1. The van der Waals surface area contributed by atoms with E-state index in [0.717, 1.165) is 46.2 Å². The van der Waals surface area contributed by atoms with Crippen molar-refractivity contribution in [2.45, 2.75) is 50.9 Å². The molecule has 1 aliphatic heterocycles. The third-order valence-corrected chi connectivity index (χ3v) is 5.96. The summed E-state index contributed by atoms with van der Waals surface area (Å²) in [5, 5.41) is 3.12. The Morgan fingerprint density at radius 2 is 1.96 bits per heavy atom. The summed E-state index contributed by atoms with van der Waals surface area (Å²) < 4.78 is 1.98. The number of hydrogen-bond acceptors (Lipinski definition) is 6. The molecule has 3 rings (SSSR count). The number of carbonyl (C=O) groups excluding carboxylic acids is 1. The number of nitrogens with zero attached hydrogens (tertiary/aromatic N) is 2. The number of thiazole rings is 1. The van der Waals surface area contributed by atoms with Gasteiger partial charge in [-0.25, -0.2) is 4.98 Å².